The third-order valence-corrected chi connectivity index (χ3v) is 2.47. The van der Waals surface area contributed by atoms with Crippen LogP contribution in [0.3, 0.4) is 0 Å². The Hall–Kier alpha value is -2.31. The molecule has 0 aliphatic heterocycles. The van der Waals surface area contributed by atoms with Gasteiger partial charge in [0, 0.05) is 12.4 Å². The van der Waals surface area contributed by atoms with E-state index in [9.17, 15) is 18.0 Å². The second-order valence-electron chi connectivity index (χ2n) is 3.89. The van der Waals surface area contributed by atoms with E-state index < -0.39 is 18.6 Å². The van der Waals surface area contributed by atoms with Crippen molar-refractivity contribution in [1.29, 1.82) is 0 Å². The maximum absolute atomic E-state index is 12.5. The summed E-state index contributed by atoms with van der Waals surface area (Å²) in [6.45, 7) is 0. The molecule has 2 rings (SSSR count). The lowest BCUT2D eigenvalue weighted by atomic mass is 10.1. The first-order valence-corrected chi connectivity index (χ1v) is 5.30. The van der Waals surface area contributed by atoms with Gasteiger partial charge in [-0.05, 0) is 23.8 Å². The van der Waals surface area contributed by atoms with Gasteiger partial charge >= 0.3 is 12.1 Å². The number of aromatic nitrogens is 2. The molecule has 1 heterocycles. The van der Waals surface area contributed by atoms with E-state index in [0.29, 0.717) is 0 Å². The van der Waals surface area contributed by atoms with Crippen LogP contribution in [-0.2, 0) is 6.42 Å². The summed E-state index contributed by atoms with van der Waals surface area (Å²) in [4.78, 5) is 10.9. The summed E-state index contributed by atoms with van der Waals surface area (Å²) in [5, 5.41) is 12.7. The van der Waals surface area contributed by atoms with E-state index in [-0.39, 0.29) is 16.8 Å². The monoisotopic (exact) mass is 270 g/mol. The van der Waals surface area contributed by atoms with Crippen molar-refractivity contribution in [1.82, 2.24) is 9.78 Å². The Labute approximate surface area is 106 Å². The van der Waals surface area contributed by atoms with Crippen LogP contribution in [0.15, 0.2) is 36.7 Å². The number of aromatic carboxylic acids is 1. The normalized spacial score (nSPS) is 11.5. The molecular formula is C12H9F3N2O2. The lowest BCUT2D eigenvalue weighted by Crippen LogP contribution is -2.14. The number of rotatable bonds is 3. The minimum Gasteiger partial charge on any atom is -0.478 e. The number of halogens is 3. The smallest absolute Gasteiger partial charge is 0.393 e. The van der Waals surface area contributed by atoms with Gasteiger partial charge in [-0.3, -0.25) is 0 Å². The predicted octanol–water partition coefficient (Wildman–Crippen LogP) is 2.68. The Morgan fingerprint density at radius 2 is 2.11 bits per heavy atom. The number of hydrogen-bond donors (Lipinski definition) is 1. The van der Waals surface area contributed by atoms with Gasteiger partial charge in [-0.1, -0.05) is 6.07 Å². The zero-order valence-electron chi connectivity index (χ0n) is 9.55. The molecule has 1 aromatic heterocycles. The third kappa shape index (κ3) is 3.12. The summed E-state index contributed by atoms with van der Waals surface area (Å²) in [5.74, 6) is -1.20. The van der Waals surface area contributed by atoms with Gasteiger partial charge < -0.3 is 5.11 Å². The van der Waals surface area contributed by atoms with E-state index >= 15 is 0 Å². The molecule has 1 N–H and O–H groups in total. The summed E-state index contributed by atoms with van der Waals surface area (Å²) in [5.41, 5.74) is -0.000139. The molecule has 0 fully saturated rings. The first kappa shape index (κ1) is 13.1. The van der Waals surface area contributed by atoms with Crippen molar-refractivity contribution in [2.24, 2.45) is 0 Å². The fourth-order valence-electron chi connectivity index (χ4n) is 1.69. The highest BCUT2D eigenvalue weighted by Gasteiger charge is 2.29. The molecule has 0 aliphatic rings. The second-order valence-corrected chi connectivity index (χ2v) is 3.89. The van der Waals surface area contributed by atoms with Gasteiger partial charge in [0.1, 0.15) is 0 Å². The largest absolute Gasteiger partial charge is 0.478 e. The first-order valence-electron chi connectivity index (χ1n) is 5.30. The molecule has 0 aliphatic carbocycles. The SMILES string of the molecule is O=C(O)c1ccc(CC(F)(F)F)c(-n2cccn2)c1. The highest BCUT2D eigenvalue weighted by molar-refractivity contribution is 5.88. The summed E-state index contributed by atoms with van der Waals surface area (Å²) < 4.78 is 38.6. The molecular weight excluding hydrogens is 261 g/mol. The van der Waals surface area contributed by atoms with Crippen molar-refractivity contribution < 1.29 is 23.1 Å². The Morgan fingerprint density at radius 1 is 1.37 bits per heavy atom. The Morgan fingerprint density at radius 3 is 2.63 bits per heavy atom. The van der Waals surface area contributed by atoms with Crippen LogP contribution in [0, 0.1) is 0 Å². The Bertz CT molecular complexity index is 592. The maximum Gasteiger partial charge on any atom is 0.393 e. The average Bonchev–Trinajstić information content (AvgIpc) is 2.80. The minimum absolute atomic E-state index is 0.0267. The van der Waals surface area contributed by atoms with Crippen LogP contribution in [0.4, 0.5) is 13.2 Å². The lowest BCUT2D eigenvalue weighted by Gasteiger charge is -2.12. The molecule has 0 amide bonds. The standard InChI is InChI=1S/C12H9F3N2O2/c13-12(14,15)7-9-3-2-8(11(18)19)6-10(9)17-5-1-4-16-17/h1-6H,7H2,(H,18,19). The van der Waals surface area contributed by atoms with Gasteiger partial charge in [-0.25, -0.2) is 9.48 Å². The van der Waals surface area contributed by atoms with Crippen LogP contribution in [0.25, 0.3) is 5.69 Å². The molecule has 0 saturated heterocycles. The van der Waals surface area contributed by atoms with Crippen molar-refractivity contribution in [3.05, 3.63) is 47.8 Å². The van der Waals surface area contributed by atoms with Crippen LogP contribution in [0.2, 0.25) is 0 Å². The maximum atomic E-state index is 12.5. The van der Waals surface area contributed by atoms with Crippen molar-refractivity contribution in [3.63, 3.8) is 0 Å². The van der Waals surface area contributed by atoms with Crippen LogP contribution in [0.1, 0.15) is 15.9 Å². The van der Waals surface area contributed by atoms with Crippen LogP contribution in [0.5, 0.6) is 0 Å². The topological polar surface area (TPSA) is 55.1 Å². The number of hydrogen-bond acceptors (Lipinski definition) is 2. The molecule has 4 nitrogen and oxygen atoms in total. The molecule has 2 aromatic rings. The predicted molar refractivity (Wildman–Crippen MR) is 60.3 cm³/mol. The Kier molecular flexibility index (Phi) is 3.28. The quantitative estimate of drug-likeness (QED) is 0.932. The van der Waals surface area contributed by atoms with Gasteiger partial charge in [0.25, 0.3) is 0 Å². The second kappa shape index (κ2) is 4.75. The molecule has 0 saturated carbocycles. The molecule has 7 heteroatoms. The zero-order chi connectivity index (χ0) is 14.0. The molecule has 0 bridgehead atoms. The van der Waals surface area contributed by atoms with E-state index in [1.54, 1.807) is 6.07 Å². The van der Waals surface area contributed by atoms with E-state index in [1.165, 1.54) is 23.1 Å². The molecule has 1 aromatic carbocycles. The first-order chi connectivity index (χ1) is 8.87. The number of alkyl halides is 3. The van der Waals surface area contributed by atoms with Gasteiger partial charge in [-0.2, -0.15) is 18.3 Å². The number of nitrogens with zero attached hydrogens (tertiary/aromatic N) is 2. The van der Waals surface area contributed by atoms with E-state index in [4.69, 9.17) is 5.11 Å². The molecule has 0 spiro atoms. The van der Waals surface area contributed by atoms with Crippen molar-refractivity contribution in [3.8, 4) is 5.69 Å². The molecule has 19 heavy (non-hydrogen) atoms. The fraction of sp³-hybridized carbons (Fsp3) is 0.167. The number of carboxylic acid groups (broad SMARTS) is 1. The fourth-order valence-corrected chi connectivity index (χ4v) is 1.69. The summed E-state index contributed by atoms with van der Waals surface area (Å²) in [6.07, 6.45) is -2.64. The number of carbonyl (C=O) groups is 1. The van der Waals surface area contributed by atoms with Crippen molar-refractivity contribution in [2.75, 3.05) is 0 Å². The highest BCUT2D eigenvalue weighted by Crippen LogP contribution is 2.26. The lowest BCUT2D eigenvalue weighted by molar-refractivity contribution is -0.127. The summed E-state index contributed by atoms with van der Waals surface area (Å²) in [7, 11) is 0. The van der Waals surface area contributed by atoms with Gasteiger partial charge in [0.05, 0.1) is 17.7 Å². The molecule has 100 valence electrons. The van der Waals surface area contributed by atoms with Gasteiger partial charge in [0.2, 0.25) is 0 Å². The van der Waals surface area contributed by atoms with Gasteiger partial charge in [-0.15, -0.1) is 0 Å². The van der Waals surface area contributed by atoms with E-state index in [1.807, 2.05) is 0 Å². The van der Waals surface area contributed by atoms with Crippen molar-refractivity contribution in [2.45, 2.75) is 12.6 Å². The average molecular weight is 270 g/mol. The van der Waals surface area contributed by atoms with E-state index in [0.717, 1.165) is 12.1 Å². The highest BCUT2D eigenvalue weighted by atomic mass is 19.4. The zero-order valence-corrected chi connectivity index (χ0v) is 9.55. The van der Waals surface area contributed by atoms with E-state index in [2.05, 4.69) is 5.10 Å². The summed E-state index contributed by atoms with van der Waals surface area (Å²) >= 11 is 0. The minimum atomic E-state index is -4.37. The number of carboxylic acids is 1. The van der Waals surface area contributed by atoms with Crippen LogP contribution in [-0.4, -0.2) is 27.0 Å². The Balaban J connectivity index is 2.51. The summed E-state index contributed by atoms with van der Waals surface area (Å²) in [6, 6.07) is 5.03. The van der Waals surface area contributed by atoms with Crippen molar-refractivity contribution >= 4 is 5.97 Å². The molecule has 0 atom stereocenters. The van der Waals surface area contributed by atoms with Crippen LogP contribution < -0.4 is 0 Å². The molecule has 0 unspecified atom stereocenters. The molecule has 0 radical (unpaired) electrons. The number of benzene rings is 1. The van der Waals surface area contributed by atoms with Gasteiger partial charge in [0.15, 0.2) is 0 Å². The van der Waals surface area contributed by atoms with Crippen LogP contribution >= 0.6 is 0 Å². The third-order valence-electron chi connectivity index (χ3n) is 2.47.